The van der Waals surface area contributed by atoms with Gasteiger partial charge in [0.15, 0.2) is 0 Å². The molecule has 0 heterocycles. The number of carboxylic acid groups (broad SMARTS) is 1. The topological polar surface area (TPSA) is 64.3 Å². The third-order valence-electron chi connectivity index (χ3n) is 2.00. The van der Waals surface area contributed by atoms with Crippen molar-refractivity contribution >= 4 is 5.97 Å². The van der Waals surface area contributed by atoms with E-state index in [2.05, 4.69) is 0 Å². The van der Waals surface area contributed by atoms with Crippen molar-refractivity contribution < 1.29 is 9.90 Å². The fraction of sp³-hybridized carbons (Fsp3) is 0.778. The van der Waals surface area contributed by atoms with Crippen molar-refractivity contribution in [1.82, 2.24) is 4.90 Å². The fourth-order valence-corrected chi connectivity index (χ4v) is 1.24. The highest BCUT2D eigenvalue weighted by atomic mass is 16.4. The second kappa shape index (κ2) is 6.44. The van der Waals surface area contributed by atoms with Gasteiger partial charge < -0.3 is 5.11 Å². The van der Waals surface area contributed by atoms with E-state index in [4.69, 9.17) is 10.4 Å². The normalized spacial score (nSPS) is 12.5. The quantitative estimate of drug-likeness (QED) is 0.627. The molecule has 0 aromatic rings. The molecule has 4 heteroatoms. The van der Waals surface area contributed by atoms with Crippen LogP contribution in [-0.4, -0.2) is 35.6 Å². The molecule has 74 valence electrons. The van der Waals surface area contributed by atoms with Crippen LogP contribution < -0.4 is 0 Å². The zero-order valence-corrected chi connectivity index (χ0v) is 8.16. The van der Waals surface area contributed by atoms with Crippen molar-refractivity contribution in [2.24, 2.45) is 0 Å². The van der Waals surface area contributed by atoms with Crippen molar-refractivity contribution in [3.63, 3.8) is 0 Å². The Morgan fingerprint density at radius 2 is 2.31 bits per heavy atom. The molecule has 4 nitrogen and oxygen atoms in total. The maximum atomic E-state index is 10.7. The highest BCUT2D eigenvalue weighted by Crippen LogP contribution is 2.03. The molecule has 0 aliphatic rings. The zero-order valence-electron chi connectivity index (χ0n) is 8.16. The Hall–Kier alpha value is -1.08. The summed E-state index contributed by atoms with van der Waals surface area (Å²) < 4.78 is 0. The monoisotopic (exact) mass is 184 g/mol. The Morgan fingerprint density at radius 1 is 1.69 bits per heavy atom. The van der Waals surface area contributed by atoms with Gasteiger partial charge in [-0.25, -0.2) is 0 Å². The maximum Gasteiger partial charge on any atom is 0.320 e. The van der Waals surface area contributed by atoms with E-state index in [-0.39, 0.29) is 0 Å². The predicted molar refractivity (Wildman–Crippen MR) is 49.2 cm³/mol. The summed E-state index contributed by atoms with van der Waals surface area (Å²) in [6.45, 7) is 2.51. The third-order valence-corrected chi connectivity index (χ3v) is 2.00. The number of nitrogens with zero attached hydrogens (tertiary/aromatic N) is 2. The van der Waals surface area contributed by atoms with Crippen LogP contribution in [0.5, 0.6) is 0 Å². The van der Waals surface area contributed by atoms with Gasteiger partial charge in [-0.05, 0) is 26.4 Å². The van der Waals surface area contributed by atoms with E-state index in [1.165, 1.54) is 0 Å². The molecule has 0 amide bonds. The number of nitriles is 1. The smallest absolute Gasteiger partial charge is 0.320 e. The van der Waals surface area contributed by atoms with Crippen molar-refractivity contribution in [2.45, 2.75) is 32.2 Å². The highest BCUT2D eigenvalue weighted by Gasteiger charge is 2.19. The summed E-state index contributed by atoms with van der Waals surface area (Å²) in [7, 11) is 1.78. The van der Waals surface area contributed by atoms with Gasteiger partial charge in [-0.15, -0.1) is 0 Å². The lowest BCUT2D eigenvalue weighted by atomic mass is 10.2. The molecule has 0 spiro atoms. The number of aliphatic carboxylic acids is 1. The second-order valence-corrected chi connectivity index (χ2v) is 3.00. The van der Waals surface area contributed by atoms with Crippen LogP contribution in [0.2, 0.25) is 0 Å². The maximum absolute atomic E-state index is 10.7. The SMILES string of the molecule is CCC(C(=O)O)N(C)CCCC#N. The van der Waals surface area contributed by atoms with Crippen LogP contribution in [0.4, 0.5) is 0 Å². The molecule has 13 heavy (non-hydrogen) atoms. The molecule has 0 saturated carbocycles. The van der Waals surface area contributed by atoms with E-state index < -0.39 is 12.0 Å². The number of carbonyl (C=O) groups is 1. The van der Waals surface area contributed by atoms with Crippen molar-refractivity contribution in [3.05, 3.63) is 0 Å². The van der Waals surface area contributed by atoms with Crippen molar-refractivity contribution in [1.29, 1.82) is 5.26 Å². The third kappa shape index (κ3) is 4.48. The van der Waals surface area contributed by atoms with Crippen LogP contribution in [-0.2, 0) is 4.79 Å². The van der Waals surface area contributed by atoms with Gasteiger partial charge in [-0.2, -0.15) is 5.26 Å². The summed E-state index contributed by atoms with van der Waals surface area (Å²) in [5.74, 6) is -0.790. The lowest BCUT2D eigenvalue weighted by molar-refractivity contribution is -0.142. The number of hydrogen-bond donors (Lipinski definition) is 1. The summed E-state index contributed by atoms with van der Waals surface area (Å²) in [4.78, 5) is 12.5. The summed E-state index contributed by atoms with van der Waals surface area (Å²) >= 11 is 0. The molecule has 0 saturated heterocycles. The lowest BCUT2D eigenvalue weighted by Crippen LogP contribution is -2.38. The molecular weight excluding hydrogens is 168 g/mol. The van der Waals surface area contributed by atoms with Gasteiger partial charge in [-0.1, -0.05) is 6.92 Å². The van der Waals surface area contributed by atoms with Crippen LogP contribution in [0.25, 0.3) is 0 Å². The molecule has 0 fully saturated rings. The Bertz CT molecular complexity index is 198. The molecule has 0 bridgehead atoms. The zero-order chi connectivity index (χ0) is 10.3. The van der Waals surface area contributed by atoms with E-state index in [1.807, 2.05) is 13.0 Å². The Kier molecular flexibility index (Phi) is 5.90. The first-order valence-electron chi connectivity index (χ1n) is 4.43. The molecule has 0 aromatic carbocycles. The first kappa shape index (κ1) is 11.9. The Balaban J connectivity index is 3.85. The van der Waals surface area contributed by atoms with Crippen LogP contribution in [0, 0.1) is 11.3 Å². The fourth-order valence-electron chi connectivity index (χ4n) is 1.24. The number of rotatable bonds is 6. The van der Waals surface area contributed by atoms with Crippen molar-refractivity contribution in [2.75, 3.05) is 13.6 Å². The van der Waals surface area contributed by atoms with E-state index in [0.717, 1.165) is 6.42 Å². The molecule has 1 unspecified atom stereocenters. The molecule has 1 atom stereocenters. The van der Waals surface area contributed by atoms with Gasteiger partial charge in [0, 0.05) is 6.42 Å². The van der Waals surface area contributed by atoms with Crippen LogP contribution in [0.15, 0.2) is 0 Å². The largest absolute Gasteiger partial charge is 0.480 e. The van der Waals surface area contributed by atoms with Gasteiger partial charge in [0.25, 0.3) is 0 Å². The Labute approximate surface area is 78.8 Å². The summed E-state index contributed by atoms with van der Waals surface area (Å²) in [5.41, 5.74) is 0. The van der Waals surface area contributed by atoms with Crippen molar-refractivity contribution in [3.8, 4) is 6.07 Å². The predicted octanol–water partition coefficient (Wildman–Crippen LogP) is 1.09. The lowest BCUT2D eigenvalue weighted by Gasteiger charge is -2.22. The van der Waals surface area contributed by atoms with E-state index >= 15 is 0 Å². The molecule has 0 radical (unpaired) electrons. The van der Waals surface area contributed by atoms with Crippen LogP contribution in [0.3, 0.4) is 0 Å². The molecule has 0 rings (SSSR count). The minimum Gasteiger partial charge on any atom is -0.480 e. The van der Waals surface area contributed by atoms with Crippen LogP contribution in [0.1, 0.15) is 26.2 Å². The minimum absolute atomic E-state index is 0.418. The number of unbranched alkanes of at least 4 members (excludes halogenated alkanes) is 1. The van der Waals surface area contributed by atoms with Gasteiger partial charge in [-0.3, -0.25) is 9.69 Å². The first-order valence-corrected chi connectivity index (χ1v) is 4.43. The molecule has 0 aliphatic carbocycles. The summed E-state index contributed by atoms with van der Waals surface area (Å²) in [6, 6.07) is 1.62. The second-order valence-electron chi connectivity index (χ2n) is 3.00. The van der Waals surface area contributed by atoms with Gasteiger partial charge >= 0.3 is 5.97 Å². The average Bonchev–Trinajstić information content (AvgIpc) is 2.05. The summed E-state index contributed by atoms with van der Waals surface area (Å²) in [5, 5.41) is 17.1. The highest BCUT2D eigenvalue weighted by molar-refractivity contribution is 5.73. The minimum atomic E-state index is -0.790. The molecule has 1 N–H and O–H groups in total. The average molecular weight is 184 g/mol. The summed E-state index contributed by atoms with van der Waals surface area (Å²) in [6.07, 6.45) is 1.82. The Morgan fingerprint density at radius 3 is 2.69 bits per heavy atom. The number of carboxylic acids is 1. The van der Waals surface area contributed by atoms with Gasteiger partial charge in [0.1, 0.15) is 6.04 Å². The standard InChI is InChI=1S/C9H16N2O2/c1-3-8(9(12)13)11(2)7-5-4-6-10/h8H,3-5,7H2,1-2H3,(H,12,13). The van der Waals surface area contributed by atoms with Gasteiger partial charge in [0.2, 0.25) is 0 Å². The van der Waals surface area contributed by atoms with Gasteiger partial charge in [0.05, 0.1) is 6.07 Å². The molecule has 0 aromatic heterocycles. The molecule has 0 aliphatic heterocycles. The van der Waals surface area contributed by atoms with E-state index in [9.17, 15) is 4.79 Å². The van der Waals surface area contributed by atoms with E-state index in [0.29, 0.717) is 19.4 Å². The number of likely N-dealkylation sites (N-methyl/N-ethyl adjacent to an activating group) is 1. The van der Waals surface area contributed by atoms with E-state index in [1.54, 1.807) is 11.9 Å². The van der Waals surface area contributed by atoms with Crippen LogP contribution >= 0.6 is 0 Å². The molecular formula is C9H16N2O2. The number of hydrogen-bond acceptors (Lipinski definition) is 3. The first-order chi connectivity index (χ1) is 6.13.